The number of hydrogen-bond acceptors (Lipinski definition) is 4. The van der Waals surface area contributed by atoms with Crippen molar-refractivity contribution in [1.29, 1.82) is 0 Å². The zero-order chi connectivity index (χ0) is 24.4. The molecule has 0 saturated carbocycles. The Morgan fingerprint density at radius 3 is 2.51 bits per heavy atom. The van der Waals surface area contributed by atoms with E-state index in [2.05, 4.69) is 42.7 Å². The lowest BCUT2D eigenvalue weighted by Crippen LogP contribution is -2.25. The van der Waals surface area contributed by atoms with Crippen LogP contribution in [0.2, 0.25) is 0 Å². The van der Waals surface area contributed by atoms with Crippen LogP contribution in [0.3, 0.4) is 0 Å². The molecule has 35 heavy (non-hydrogen) atoms. The summed E-state index contributed by atoms with van der Waals surface area (Å²) in [4.78, 5) is 19.9. The second kappa shape index (κ2) is 9.82. The van der Waals surface area contributed by atoms with Gasteiger partial charge in [-0.25, -0.2) is 4.98 Å². The highest BCUT2D eigenvalue weighted by Gasteiger charge is 2.36. The molecule has 0 aliphatic carbocycles. The molecule has 0 N–H and O–H groups in total. The zero-order valence-electron chi connectivity index (χ0n) is 20.5. The molecule has 0 radical (unpaired) electrons. The van der Waals surface area contributed by atoms with Crippen LogP contribution < -0.4 is 14.4 Å². The molecule has 6 heteroatoms. The van der Waals surface area contributed by atoms with Gasteiger partial charge in [-0.05, 0) is 68.3 Å². The van der Waals surface area contributed by atoms with Gasteiger partial charge >= 0.3 is 0 Å². The molecule has 3 aromatic carbocycles. The van der Waals surface area contributed by atoms with E-state index >= 15 is 0 Å². The summed E-state index contributed by atoms with van der Waals surface area (Å²) in [6.45, 7) is 8.41. The first kappa shape index (κ1) is 23.0. The first-order valence-electron chi connectivity index (χ1n) is 12.2. The third kappa shape index (κ3) is 4.74. The molecule has 1 aliphatic rings. The number of carbonyl (C=O) groups excluding carboxylic acids is 1. The minimum atomic E-state index is -0.00852. The quantitative estimate of drug-likeness (QED) is 0.335. The van der Waals surface area contributed by atoms with Gasteiger partial charge in [0.2, 0.25) is 5.91 Å². The fourth-order valence-electron chi connectivity index (χ4n) is 4.98. The van der Waals surface area contributed by atoms with Crippen LogP contribution in [0.5, 0.6) is 11.5 Å². The van der Waals surface area contributed by atoms with Gasteiger partial charge in [0.25, 0.3) is 0 Å². The molecule has 1 unspecified atom stereocenters. The summed E-state index contributed by atoms with van der Waals surface area (Å²) >= 11 is 0. The van der Waals surface area contributed by atoms with Crippen LogP contribution in [0.4, 0.5) is 5.69 Å². The van der Waals surface area contributed by atoms with E-state index in [1.807, 2.05) is 54.3 Å². The Morgan fingerprint density at radius 1 is 0.971 bits per heavy atom. The molecule has 5 rings (SSSR count). The number of ether oxygens (including phenoxy) is 2. The summed E-state index contributed by atoms with van der Waals surface area (Å²) in [7, 11) is 0. The van der Waals surface area contributed by atoms with Gasteiger partial charge in [-0.3, -0.25) is 4.79 Å². The van der Waals surface area contributed by atoms with Gasteiger partial charge in [0, 0.05) is 18.9 Å². The van der Waals surface area contributed by atoms with Crippen molar-refractivity contribution in [2.75, 3.05) is 24.7 Å². The lowest BCUT2D eigenvalue weighted by atomic mass is 10.1. The van der Waals surface area contributed by atoms with E-state index < -0.39 is 0 Å². The number of amides is 1. The van der Waals surface area contributed by atoms with Crippen molar-refractivity contribution in [3.8, 4) is 11.5 Å². The Balaban J connectivity index is 1.41. The molecule has 0 bridgehead atoms. The standard InChI is InChI=1S/C29H31N3O3/c1-4-34-27-12-8-7-11-26(27)32-19-22(18-28(32)33)29-30-24-9-5-6-10-25(24)31(29)13-14-35-23-16-20(2)15-21(3)17-23/h5-12,15-17,22H,4,13-14,18-19H2,1-3H3. The number of imidazole rings is 1. The Hall–Kier alpha value is -3.80. The van der Waals surface area contributed by atoms with Crippen LogP contribution >= 0.6 is 0 Å². The second-order valence-electron chi connectivity index (χ2n) is 9.09. The summed E-state index contributed by atoms with van der Waals surface area (Å²) in [6, 6.07) is 22.1. The first-order valence-corrected chi connectivity index (χ1v) is 12.2. The van der Waals surface area contributed by atoms with Crippen molar-refractivity contribution >= 4 is 22.6 Å². The number of fused-ring (bicyclic) bond motifs is 1. The number of nitrogens with zero attached hydrogens (tertiary/aromatic N) is 3. The van der Waals surface area contributed by atoms with Crippen molar-refractivity contribution in [2.45, 2.75) is 39.7 Å². The SMILES string of the molecule is CCOc1ccccc1N1CC(c2nc3ccccc3n2CCOc2cc(C)cc(C)c2)CC1=O. The van der Waals surface area contributed by atoms with Gasteiger partial charge in [-0.1, -0.05) is 30.3 Å². The highest BCUT2D eigenvalue weighted by molar-refractivity contribution is 5.97. The number of carbonyl (C=O) groups is 1. The zero-order valence-corrected chi connectivity index (χ0v) is 20.5. The molecule has 1 amide bonds. The Bertz CT molecular complexity index is 1340. The molecule has 2 heterocycles. The summed E-state index contributed by atoms with van der Waals surface area (Å²) in [5, 5.41) is 0. The minimum absolute atomic E-state index is 0.00852. The molecule has 180 valence electrons. The minimum Gasteiger partial charge on any atom is -0.492 e. The number of anilines is 1. The molecule has 6 nitrogen and oxygen atoms in total. The summed E-state index contributed by atoms with van der Waals surface area (Å²) < 4.78 is 14.1. The second-order valence-corrected chi connectivity index (χ2v) is 9.09. The van der Waals surface area contributed by atoms with Crippen molar-refractivity contribution < 1.29 is 14.3 Å². The fraction of sp³-hybridized carbons (Fsp3) is 0.310. The van der Waals surface area contributed by atoms with Crippen molar-refractivity contribution in [2.24, 2.45) is 0 Å². The lowest BCUT2D eigenvalue weighted by molar-refractivity contribution is -0.117. The van der Waals surface area contributed by atoms with Gasteiger partial charge in [0.15, 0.2) is 0 Å². The smallest absolute Gasteiger partial charge is 0.227 e. The molecule has 1 fully saturated rings. The monoisotopic (exact) mass is 469 g/mol. The fourth-order valence-corrected chi connectivity index (χ4v) is 4.98. The van der Waals surface area contributed by atoms with Gasteiger partial charge in [0.05, 0.1) is 29.9 Å². The predicted octanol–water partition coefficient (Wildman–Crippen LogP) is 5.65. The average molecular weight is 470 g/mol. The van der Waals surface area contributed by atoms with E-state index in [1.165, 1.54) is 11.1 Å². The average Bonchev–Trinajstić information content (AvgIpc) is 3.40. The number of aromatic nitrogens is 2. The molecule has 4 aromatic rings. The number of rotatable bonds is 8. The normalized spacial score (nSPS) is 15.7. The predicted molar refractivity (Wildman–Crippen MR) is 138 cm³/mol. The molecular formula is C29H31N3O3. The number of benzene rings is 3. The van der Waals surface area contributed by atoms with Crippen LogP contribution in [-0.4, -0.2) is 35.2 Å². The van der Waals surface area contributed by atoms with Crippen LogP contribution in [0.25, 0.3) is 11.0 Å². The number of aryl methyl sites for hydroxylation is 2. The highest BCUT2D eigenvalue weighted by atomic mass is 16.5. The maximum Gasteiger partial charge on any atom is 0.227 e. The van der Waals surface area contributed by atoms with E-state index in [1.54, 1.807) is 0 Å². The third-order valence-corrected chi connectivity index (χ3v) is 6.41. The lowest BCUT2D eigenvalue weighted by Gasteiger charge is -2.20. The van der Waals surface area contributed by atoms with Gasteiger partial charge in [-0.15, -0.1) is 0 Å². The molecule has 0 spiro atoms. The molecule has 1 saturated heterocycles. The first-order chi connectivity index (χ1) is 17.0. The summed E-state index contributed by atoms with van der Waals surface area (Å²) in [6.07, 6.45) is 0.418. The molecule has 1 atom stereocenters. The topological polar surface area (TPSA) is 56.6 Å². The van der Waals surface area contributed by atoms with Crippen LogP contribution in [0, 0.1) is 13.8 Å². The maximum absolute atomic E-state index is 13.1. The highest BCUT2D eigenvalue weighted by Crippen LogP contribution is 2.37. The summed E-state index contributed by atoms with van der Waals surface area (Å²) in [5.41, 5.74) is 5.20. The Morgan fingerprint density at radius 2 is 1.71 bits per heavy atom. The van der Waals surface area contributed by atoms with E-state index in [9.17, 15) is 4.79 Å². The van der Waals surface area contributed by atoms with E-state index in [0.717, 1.165) is 34.0 Å². The molecule has 1 aromatic heterocycles. The van der Waals surface area contributed by atoms with E-state index in [4.69, 9.17) is 14.5 Å². The van der Waals surface area contributed by atoms with E-state index in [-0.39, 0.29) is 11.8 Å². The Kier molecular flexibility index (Phi) is 6.45. The number of hydrogen-bond donors (Lipinski definition) is 0. The van der Waals surface area contributed by atoms with Gasteiger partial charge in [0.1, 0.15) is 23.9 Å². The summed E-state index contributed by atoms with van der Waals surface area (Å²) in [5.74, 6) is 2.63. The Labute approximate surface area is 206 Å². The molecular weight excluding hydrogens is 438 g/mol. The largest absolute Gasteiger partial charge is 0.492 e. The van der Waals surface area contributed by atoms with E-state index in [0.29, 0.717) is 32.7 Å². The van der Waals surface area contributed by atoms with Crippen molar-refractivity contribution in [3.63, 3.8) is 0 Å². The van der Waals surface area contributed by atoms with Crippen molar-refractivity contribution in [1.82, 2.24) is 9.55 Å². The van der Waals surface area contributed by atoms with Gasteiger partial charge < -0.3 is 18.9 Å². The molecule has 1 aliphatic heterocycles. The van der Waals surface area contributed by atoms with Crippen LogP contribution in [0.15, 0.2) is 66.7 Å². The van der Waals surface area contributed by atoms with Crippen LogP contribution in [-0.2, 0) is 11.3 Å². The van der Waals surface area contributed by atoms with Gasteiger partial charge in [-0.2, -0.15) is 0 Å². The third-order valence-electron chi connectivity index (χ3n) is 6.41. The number of para-hydroxylation sites is 4. The van der Waals surface area contributed by atoms with Crippen LogP contribution in [0.1, 0.15) is 36.2 Å². The van der Waals surface area contributed by atoms with Crippen molar-refractivity contribution in [3.05, 3.63) is 83.7 Å². The maximum atomic E-state index is 13.1.